The molecule has 2 N–H and O–H groups in total. The topological polar surface area (TPSA) is 61.6 Å². The van der Waals surface area contributed by atoms with Crippen molar-refractivity contribution in [1.29, 1.82) is 0 Å². The van der Waals surface area contributed by atoms with E-state index < -0.39 is 20.3 Å². The van der Waals surface area contributed by atoms with Crippen molar-refractivity contribution in [3.8, 4) is 5.75 Å². The van der Waals surface area contributed by atoms with Crippen molar-refractivity contribution in [3.05, 3.63) is 28.7 Å². The molecule has 4 nitrogen and oxygen atoms in total. The zero-order valence-corrected chi connectivity index (χ0v) is 15.9. The standard InChI is InChI=1S/C15H24BrNO3Si/c1-15(2,3)21(4,5)20-13(14(17)18)10-19-12-8-6-11(16)7-9-12/h6-9,13H,10H2,1-5H3,(H2,17,18). The first kappa shape index (κ1) is 18.2. The van der Waals surface area contributed by atoms with Crippen LogP contribution in [0.2, 0.25) is 18.1 Å². The molecule has 1 aromatic carbocycles. The van der Waals surface area contributed by atoms with Crippen LogP contribution in [0.5, 0.6) is 5.75 Å². The van der Waals surface area contributed by atoms with Crippen molar-refractivity contribution in [2.75, 3.05) is 6.61 Å². The zero-order chi connectivity index (χ0) is 16.3. The number of hydrogen-bond donors (Lipinski definition) is 1. The Morgan fingerprint density at radius 2 is 1.81 bits per heavy atom. The van der Waals surface area contributed by atoms with Crippen LogP contribution in [0.3, 0.4) is 0 Å². The smallest absolute Gasteiger partial charge is 0.248 e. The fourth-order valence-electron chi connectivity index (χ4n) is 1.41. The summed E-state index contributed by atoms with van der Waals surface area (Å²) in [6.45, 7) is 10.7. The van der Waals surface area contributed by atoms with E-state index in [-0.39, 0.29) is 11.6 Å². The molecule has 0 aromatic heterocycles. The molecule has 1 rings (SSSR count). The van der Waals surface area contributed by atoms with E-state index in [0.29, 0.717) is 5.75 Å². The molecule has 6 heteroatoms. The van der Waals surface area contributed by atoms with Crippen molar-refractivity contribution in [1.82, 2.24) is 0 Å². The predicted molar refractivity (Wildman–Crippen MR) is 90.9 cm³/mol. The lowest BCUT2D eigenvalue weighted by atomic mass is 10.2. The summed E-state index contributed by atoms with van der Waals surface area (Å²) in [5.74, 6) is 0.195. The van der Waals surface area contributed by atoms with E-state index in [1.54, 1.807) is 0 Å². The van der Waals surface area contributed by atoms with E-state index in [2.05, 4.69) is 49.8 Å². The maximum Gasteiger partial charge on any atom is 0.248 e. The summed E-state index contributed by atoms with van der Waals surface area (Å²) in [7, 11) is -2.07. The van der Waals surface area contributed by atoms with Crippen LogP contribution in [-0.4, -0.2) is 26.9 Å². The molecule has 1 aromatic rings. The summed E-state index contributed by atoms with van der Waals surface area (Å²) < 4.78 is 12.6. The van der Waals surface area contributed by atoms with Crippen LogP contribution in [0.1, 0.15) is 20.8 Å². The average Bonchev–Trinajstić information content (AvgIpc) is 2.34. The van der Waals surface area contributed by atoms with Crippen LogP contribution in [0.25, 0.3) is 0 Å². The summed E-state index contributed by atoms with van der Waals surface area (Å²) in [6, 6.07) is 7.41. The van der Waals surface area contributed by atoms with Crippen molar-refractivity contribution >= 4 is 30.2 Å². The second-order valence-electron chi connectivity index (χ2n) is 6.53. The molecule has 0 aliphatic rings. The van der Waals surface area contributed by atoms with Crippen LogP contribution in [0.4, 0.5) is 0 Å². The Morgan fingerprint density at radius 3 is 2.24 bits per heavy atom. The van der Waals surface area contributed by atoms with Crippen LogP contribution in [0, 0.1) is 0 Å². The van der Waals surface area contributed by atoms with Gasteiger partial charge in [-0.3, -0.25) is 4.79 Å². The third-order valence-corrected chi connectivity index (χ3v) is 8.79. The second kappa shape index (κ2) is 6.94. The Kier molecular flexibility index (Phi) is 6.01. The quantitative estimate of drug-likeness (QED) is 0.773. The van der Waals surface area contributed by atoms with Gasteiger partial charge in [-0.05, 0) is 42.4 Å². The molecule has 0 saturated heterocycles. The highest BCUT2D eigenvalue weighted by atomic mass is 79.9. The van der Waals surface area contributed by atoms with E-state index in [1.165, 1.54) is 0 Å². The van der Waals surface area contributed by atoms with Gasteiger partial charge in [-0.15, -0.1) is 0 Å². The molecule has 0 radical (unpaired) electrons. The molecule has 1 atom stereocenters. The van der Waals surface area contributed by atoms with Crippen LogP contribution < -0.4 is 10.5 Å². The Balaban J connectivity index is 2.71. The van der Waals surface area contributed by atoms with E-state index in [4.69, 9.17) is 14.9 Å². The van der Waals surface area contributed by atoms with Crippen molar-refractivity contribution in [2.45, 2.75) is 45.0 Å². The average molecular weight is 374 g/mol. The summed E-state index contributed by atoms with van der Waals surface area (Å²) in [6.07, 6.45) is -0.727. The van der Waals surface area contributed by atoms with Gasteiger partial charge in [0.25, 0.3) is 0 Å². The molecule has 0 aliphatic heterocycles. The Hall–Kier alpha value is -0.853. The Bertz CT molecular complexity index is 483. The third kappa shape index (κ3) is 5.45. The molecule has 1 unspecified atom stereocenters. The zero-order valence-electron chi connectivity index (χ0n) is 13.3. The molecule has 0 bridgehead atoms. The van der Waals surface area contributed by atoms with Gasteiger partial charge in [-0.25, -0.2) is 0 Å². The SMILES string of the molecule is CC(C)(C)[Si](C)(C)OC(COc1ccc(Br)cc1)C(N)=O. The van der Waals surface area contributed by atoms with Crippen molar-refractivity contribution in [2.24, 2.45) is 5.73 Å². The minimum atomic E-state index is -2.07. The normalized spacial score (nSPS) is 13.8. The van der Waals surface area contributed by atoms with Crippen LogP contribution in [0.15, 0.2) is 28.7 Å². The Morgan fingerprint density at radius 1 is 1.29 bits per heavy atom. The van der Waals surface area contributed by atoms with Crippen molar-refractivity contribution in [3.63, 3.8) is 0 Å². The Labute approximate surface area is 136 Å². The number of halogens is 1. The minimum Gasteiger partial charge on any atom is -0.490 e. The van der Waals surface area contributed by atoms with Gasteiger partial charge in [0.15, 0.2) is 14.4 Å². The van der Waals surface area contributed by atoms with Gasteiger partial charge >= 0.3 is 0 Å². The second-order valence-corrected chi connectivity index (χ2v) is 12.2. The maximum atomic E-state index is 11.6. The highest BCUT2D eigenvalue weighted by molar-refractivity contribution is 9.10. The monoisotopic (exact) mass is 373 g/mol. The van der Waals surface area contributed by atoms with Crippen LogP contribution in [-0.2, 0) is 9.22 Å². The number of amides is 1. The number of rotatable bonds is 6. The van der Waals surface area contributed by atoms with Gasteiger partial charge in [-0.1, -0.05) is 36.7 Å². The molecule has 0 spiro atoms. The molecule has 0 saturated carbocycles. The van der Waals surface area contributed by atoms with Gasteiger partial charge in [0.2, 0.25) is 5.91 Å². The van der Waals surface area contributed by atoms with E-state index in [1.807, 2.05) is 24.3 Å². The number of carbonyl (C=O) groups is 1. The third-order valence-electron chi connectivity index (χ3n) is 3.78. The highest BCUT2D eigenvalue weighted by Crippen LogP contribution is 2.37. The molecule has 0 aliphatic carbocycles. The molecular weight excluding hydrogens is 350 g/mol. The number of carbonyl (C=O) groups excluding carboxylic acids is 1. The number of primary amides is 1. The number of hydrogen-bond acceptors (Lipinski definition) is 3. The number of ether oxygens (including phenoxy) is 1. The van der Waals surface area contributed by atoms with Crippen molar-refractivity contribution < 1.29 is 14.0 Å². The summed E-state index contributed by atoms with van der Waals surface area (Å²) in [5.41, 5.74) is 5.45. The van der Waals surface area contributed by atoms with Gasteiger partial charge in [0, 0.05) is 4.47 Å². The predicted octanol–water partition coefficient (Wildman–Crippen LogP) is 3.70. The summed E-state index contributed by atoms with van der Waals surface area (Å²) in [4.78, 5) is 11.6. The van der Waals surface area contributed by atoms with Gasteiger partial charge in [0.1, 0.15) is 12.4 Å². The van der Waals surface area contributed by atoms with E-state index in [9.17, 15) is 4.79 Å². The molecular formula is C15H24BrNO3Si. The molecule has 0 fully saturated rings. The van der Waals surface area contributed by atoms with E-state index >= 15 is 0 Å². The molecule has 0 heterocycles. The van der Waals surface area contributed by atoms with Crippen LogP contribution >= 0.6 is 15.9 Å². The van der Waals surface area contributed by atoms with Gasteiger partial charge < -0.3 is 14.9 Å². The fraction of sp³-hybridized carbons (Fsp3) is 0.533. The summed E-state index contributed by atoms with van der Waals surface area (Å²) in [5, 5.41) is 0.0122. The first-order valence-electron chi connectivity index (χ1n) is 6.88. The first-order chi connectivity index (χ1) is 9.53. The first-order valence-corrected chi connectivity index (χ1v) is 10.6. The minimum absolute atomic E-state index is 0.0122. The lowest BCUT2D eigenvalue weighted by molar-refractivity contribution is -0.126. The molecule has 118 valence electrons. The highest BCUT2D eigenvalue weighted by Gasteiger charge is 2.40. The largest absolute Gasteiger partial charge is 0.490 e. The fourth-order valence-corrected chi connectivity index (χ4v) is 2.92. The molecule has 21 heavy (non-hydrogen) atoms. The summed E-state index contributed by atoms with van der Waals surface area (Å²) >= 11 is 3.36. The molecule has 1 amide bonds. The lowest BCUT2D eigenvalue weighted by Gasteiger charge is -2.38. The maximum absolute atomic E-state index is 11.6. The number of nitrogens with two attached hydrogens (primary N) is 1. The van der Waals surface area contributed by atoms with E-state index in [0.717, 1.165) is 4.47 Å². The number of benzene rings is 1. The van der Waals surface area contributed by atoms with Gasteiger partial charge in [0.05, 0.1) is 0 Å². The van der Waals surface area contributed by atoms with Gasteiger partial charge in [-0.2, -0.15) is 0 Å². The lowest BCUT2D eigenvalue weighted by Crippen LogP contribution is -2.49.